The molecule has 9 heteroatoms. The lowest BCUT2D eigenvalue weighted by Crippen LogP contribution is -2.55. The molecule has 2 aliphatic rings. The molecule has 0 radical (unpaired) electrons. The van der Waals surface area contributed by atoms with Gasteiger partial charge in [-0.2, -0.15) is 0 Å². The number of hydrogen-bond acceptors (Lipinski definition) is 8. The van der Waals surface area contributed by atoms with E-state index in [0.717, 1.165) is 31.5 Å². The van der Waals surface area contributed by atoms with E-state index in [4.69, 9.17) is 4.74 Å². The van der Waals surface area contributed by atoms with Crippen LogP contribution in [0.25, 0.3) is 0 Å². The zero-order valence-corrected chi connectivity index (χ0v) is 18.9. The molecule has 1 fully saturated rings. The van der Waals surface area contributed by atoms with Gasteiger partial charge in [-0.15, -0.1) is 0 Å². The number of piperidine rings is 1. The summed E-state index contributed by atoms with van der Waals surface area (Å²) in [4.78, 5) is 10.8. The van der Waals surface area contributed by atoms with Crippen LogP contribution in [0.1, 0.15) is 39.2 Å². The van der Waals surface area contributed by atoms with Crippen molar-refractivity contribution < 1.29 is 18.9 Å². The number of benzene rings is 1. The molecule has 1 saturated heterocycles. The molecule has 0 amide bonds. The van der Waals surface area contributed by atoms with Gasteiger partial charge in [0.2, 0.25) is 0 Å². The summed E-state index contributed by atoms with van der Waals surface area (Å²) >= 11 is 0. The molecule has 0 aliphatic carbocycles. The average molecular weight is 447 g/mol. The summed E-state index contributed by atoms with van der Waals surface area (Å²) in [6, 6.07) is 5.67. The summed E-state index contributed by atoms with van der Waals surface area (Å²) in [6.07, 6.45) is 8.09. The maximum atomic E-state index is 10.7. The Morgan fingerprint density at radius 1 is 1.29 bits per heavy atom. The van der Waals surface area contributed by atoms with Crippen LogP contribution in [0.5, 0.6) is 11.5 Å². The molecule has 1 aromatic carbocycles. The van der Waals surface area contributed by atoms with Crippen molar-refractivity contribution >= 4 is 16.6 Å². The molecule has 3 N–H and O–H groups in total. The van der Waals surface area contributed by atoms with Gasteiger partial charge < -0.3 is 9.84 Å². The molecule has 2 atom stereocenters. The van der Waals surface area contributed by atoms with Crippen molar-refractivity contribution in [2.45, 2.75) is 57.8 Å². The van der Waals surface area contributed by atoms with E-state index >= 15 is 0 Å². The Labute approximate surface area is 184 Å². The maximum Gasteiger partial charge on any atom is 0.166 e. The fourth-order valence-electron chi connectivity index (χ4n) is 4.49. The smallest absolute Gasteiger partial charge is 0.166 e. The number of ether oxygens (including phenoxy) is 1. The first-order valence-corrected chi connectivity index (χ1v) is 12.0. The quantitative estimate of drug-likeness (QED) is 0.621. The van der Waals surface area contributed by atoms with Crippen LogP contribution in [0, 0.1) is 0 Å². The number of rotatable bonds is 5. The van der Waals surface area contributed by atoms with Crippen molar-refractivity contribution in [3.05, 3.63) is 53.8 Å². The number of anilines is 1. The molecule has 8 nitrogen and oxygen atoms in total. The van der Waals surface area contributed by atoms with Crippen LogP contribution in [0.3, 0.4) is 0 Å². The van der Waals surface area contributed by atoms with Crippen molar-refractivity contribution in [1.82, 2.24) is 14.9 Å². The molecule has 1 spiro atoms. The van der Waals surface area contributed by atoms with Crippen molar-refractivity contribution in [3.63, 3.8) is 0 Å². The van der Waals surface area contributed by atoms with Crippen LogP contribution in [-0.2, 0) is 6.54 Å². The lowest BCUT2D eigenvalue weighted by molar-refractivity contribution is 0.118. The number of phenolic OH excluding ortho intramolecular Hbond substituents is 1. The normalized spacial score (nSPS) is 26.5. The Hall–Kier alpha value is -2.33. The van der Waals surface area contributed by atoms with Gasteiger partial charge in [0.05, 0.1) is 17.8 Å². The Kier molecular flexibility index (Phi) is 5.87. The molecule has 4 rings (SSSR count). The molecule has 3 heterocycles. The van der Waals surface area contributed by atoms with Gasteiger partial charge in [0.25, 0.3) is 0 Å². The fourth-order valence-corrected chi connectivity index (χ4v) is 6.18. The number of likely N-dealkylation sites (tertiary alicyclic amines) is 1. The van der Waals surface area contributed by atoms with E-state index in [1.165, 1.54) is 5.41 Å². The van der Waals surface area contributed by atoms with Crippen LogP contribution in [-0.4, -0.2) is 53.3 Å². The first-order chi connectivity index (χ1) is 14.7. The Morgan fingerprint density at radius 2 is 2.10 bits per heavy atom. The van der Waals surface area contributed by atoms with Crippen molar-refractivity contribution in [2.75, 3.05) is 10.8 Å². The van der Waals surface area contributed by atoms with E-state index in [2.05, 4.69) is 21.8 Å². The highest BCUT2D eigenvalue weighted by Gasteiger charge is 2.50. The van der Waals surface area contributed by atoms with Crippen molar-refractivity contribution in [1.29, 1.82) is 0 Å². The number of aromatic hydroxyl groups is 1. The highest BCUT2D eigenvalue weighted by molar-refractivity contribution is 8.28. The molecule has 2 aliphatic heterocycles. The fraction of sp³-hybridized carbons (Fsp3) is 0.455. The predicted octanol–water partition coefficient (Wildman–Crippen LogP) is 4.39. The molecule has 1 aromatic heterocycles. The van der Waals surface area contributed by atoms with E-state index in [-0.39, 0.29) is 17.9 Å². The molecule has 31 heavy (non-hydrogen) atoms. The third-order valence-corrected chi connectivity index (χ3v) is 7.46. The Morgan fingerprint density at radius 3 is 2.77 bits per heavy atom. The van der Waals surface area contributed by atoms with Gasteiger partial charge in [0.15, 0.2) is 17.3 Å². The molecular weight excluding hydrogens is 416 g/mol. The molecule has 2 aromatic rings. The Bertz CT molecular complexity index is 956. The van der Waals surface area contributed by atoms with Gasteiger partial charge in [-0.1, -0.05) is 16.8 Å². The highest BCUT2D eigenvalue weighted by atomic mass is 32.3. The van der Waals surface area contributed by atoms with Crippen LogP contribution in [0.15, 0.2) is 48.3 Å². The second-order valence-corrected chi connectivity index (χ2v) is 10.3. The lowest BCUT2D eigenvalue weighted by Gasteiger charge is -2.51. The second-order valence-electron chi connectivity index (χ2n) is 8.57. The van der Waals surface area contributed by atoms with Crippen LogP contribution in [0.4, 0.5) is 5.82 Å². The van der Waals surface area contributed by atoms with Gasteiger partial charge >= 0.3 is 0 Å². The summed E-state index contributed by atoms with van der Waals surface area (Å²) in [5.41, 5.74) is 0.555. The zero-order chi connectivity index (χ0) is 22.2. The van der Waals surface area contributed by atoms with E-state index in [1.54, 1.807) is 29.0 Å². The molecule has 168 valence electrons. The summed E-state index contributed by atoms with van der Waals surface area (Å²) in [7, 11) is -3.08. The zero-order valence-electron chi connectivity index (χ0n) is 18.0. The second kappa shape index (κ2) is 8.31. The third-order valence-electron chi connectivity index (χ3n) is 5.87. The summed E-state index contributed by atoms with van der Waals surface area (Å²) < 4.78 is 28.8. The summed E-state index contributed by atoms with van der Waals surface area (Å²) in [6.45, 7) is 7.51. The van der Waals surface area contributed by atoms with Crippen LogP contribution < -0.4 is 9.04 Å². The topological polar surface area (TPSA) is 102 Å². The van der Waals surface area contributed by atoms with Gasteiger partial charge in [0, 0.05) is 36.9 Å². The van der Waals surface area contributed by atoms with Gasteiger partial charge in [0.1, 0.15) is 0 Å². The Balaban J connectivity index is 1.52. The van der Waals surface area contributed by atoms with Gasteiger partial charge in [-0.3, -0.25) is 19.0 Å². The molecule has 0 saturated carbocycles. The third kappa shape index (κ3) is 4.36. The van der Waals surface area contributed by atoms with E-state index in [0.29, 0.717) is 11.6 Å². The molecule has 0 unspecified atom stereocenters. The minimum absolute atomic E-state index is 0.0177. The first-order valence-electron chi connectivity index (χ1n) is 10.5. The van der Waals surface area contributed by atoms with Crippen LogP contribution in [0.2, 0.25) is 0 Å². The minimum Gasteiger partial charge on any atom is -0.504 e. The standard InChI is InChI=1S/C22H30N4O4S/c1-16(2)30-20-12-18(4-5-19(20)27)15-25-10-6-22(13-17(25)3)7-11-31(28,29)26(22)21-14-23-8-9-24-21/h4-5,7-9,11-12,14,16-17,27-29H,6,10,13,15H2,1-3H3/t17-,22-/m0/s1. The van der Waals surface area contributed by atoms with E-state index in [1.807, 2.05) is 32.1 Å². The first kappa shape index (κ1) is 21.9. The summed E-state index contributed by atoms with van der Waals surface area (Å²) in [5.74, 6) is 1.11. The predicted molar refractivity (Wildman–Crippen MR) is 122 cm³/mol. The molecular formula is C22H30N4O4S. The number of nitrogens with zero attached hydrogens (tertiary/aromatic N) is 4. The van der Waals surface area contributed by atoms with Gasteiger partial charge in [-0.25, -0.2) is 9.29 Å². The summed E-state index contributed by atoms with van der Waals surface area (Å²) in [5, 5.41) is 11.6. The SMILES string of the molecule is CC(C)Oc1cc(CN2CC[C@]3(C=CS(O)(O)N3c3cnccn3)C[C@@H]2C)ccc1O. The molecule has 0 bridgehead atoms. The van der Waals surface area contributed by atoms with Crippen molar-refractivity contribution in [3.8, 4) is 11.5 Å². The van der Waals surface area contributed by atoms with Crippen LogP contribution >= 0.6 is 10.8 Å². The average Bonchev–Trinajstić information content (AvgIpc) is 2.97. The number of hydrogen-bond donors (Lipinski definition) is 3. The van der Waals surface area contributed by atoms with Gasteiger partial charge in [-0.05, 0) is 57.4 Å². The van der Waals surface area contributed by atoms with Crippen molar-refractivity contribution in [2.24, 2.45) is 0 Å². The maximum absolute atomic E-state index is 10.7. The highest BCUT2D eigenvalue weighted by Crippen LogP contribution is 2.59. The lowest BCUT2D eigenvalue weighted by atomic mass is 9.83. The number of aromatic nitrogens is 2. The number of phenols is 1. The van der Waals surface area contributed by atoms with E-state index in [9.17, 15) is 14.2 Å². The van der Waals surface area contributed by atoms with E-state index < -0.39 is 16.3 Å². The minimum atomic E-state index is -3.08. The largest absolute Gasteiger partial charge is 0.504 e. The monoisotopic (exact) mass is 446 g/mol.